The third kappa shape index (κ3) is 4.90. The summed E-state index contributed by atoms with van der Waals surface area (Å²) in [4.78, 5) is 13.9. The van der Waals surface area contributed by atoms with Gasteiger partial charge in [-0.05, 0) is 56.5 Å². The van der Waals surface area contributed by atoms with Gasteiger partial charge in [-0.3, -0.25) is 4.79 Å². The molecule has 1 unspecified atom stereocenters. The van der Waals surface area contributed by atoms with E-state index in [1.807, 2.05) is 31.1 Å². The van der Waals surface area contributed by atoms with E-state index in [1.54, 1.807) is 6.07 Å². The van der Waals surface area contributed by atoms with Crippen LogP contribution in [0, 0.1) is 5.92 Å². The van der Waals surface area contributed by atoms with Crippen LogP contribution >= 0.6 is 11.6 Å². The average Bonchev–Trinajstić information content (AvgIpc) is 2.46. The molecule has 2 N–H and O–H groups in total. The van der Waals surface area contributed by atoms with Crippen molar-refractivity contribution in [3.63, 3.8) is 0 Å². The summed E-state index contributed by atoms with van der Waals surface area (Å²) in [5.74, 6) is 0.693. The number of hydrogen-bond donors (Lipinski definition) is 2. The minimum absolute atomic E-state index is 0.0641. The molecular formula is C16H24ClN3O. The average molecular weight is 310 g/mol. The molecule has 2 rings (SSSR count). The standard InChI is InChI=1S/C16H24ClN3O/c1-20(2)15-7-6-13(10-14(15)17)19-16(21)8-5-12-4-3-9-18-11-12/h6-7,10,12,18H,3-5,8-9,11H2,1-2H3,(H,19,21). The van der Waals surface area contributed by atoms with Crippen molar-refractivity contribution < 1.29 is 4.79 Å². The highest BCUT2D eigenvalue weighted by Gasteiger charge is 2.14. The molecule has 116 valence electrons. The Morgan fingerprint density at radius 1 is 1.48 bits per heavy atom. The van der Waals surface area contributed by atoms with Gasteiger partial charge in [-0.15, -0.1) is 0 Å². The first-order valence-corrected chi connectivity index (χ1v) is 7.91. The summed E-state index contributed by atoms with van der Waals surface area (Å²) in [6.45, 7) is 2.15. The summed E-state index contributed by atoms with van der Waals surface area (Å²) in [5.41, 5.74) is 1.71. The number of halogens is 1. The maximum Gasteiger partial charge on any atom is 0.224 e. The normalized spacial score (nSPS) is 18.3. The van der Waals surface area contributed by atoms with Crippen LogP contribution in [-0.4, -0.2) is 33.1 Å². The third-order valence-corrected chi connectivity index (χ3v) is 4.19. The van der Waals surface area contributed by atoms with Crippen molar-refractivity contribution in [2.75, 3.05) is 37.4 Å². The fourth-order valence-electron chi connectivity index (χ4n) is 2.68. The number of carbonyl (C=O) groups is 1. The molecule has 1 saturated heterocycles. The van der Waals surface area contributed by atoms with E-state index in [-0.39, 0.29) is 5.91 Å². The van der Waals surface area contributed by atoms with Gasteiger partial charge in [0.25, 0.3) is 0 Å². The van der Waals surface area contributed by atoms with Crippen LogP contribution in [0.1, 0.15) is 25.7 Å². The molecule has 1 heterocycles. The Hall–Kier alpha value is -1.26. The Kier molecular flexibility index (Phi) is 5.88. The number of rotatable bonds is 5. The lowest BCUT2D eigenvalue weighted by molar-refractivity contribution is -0.116. The quantitative estimate of drug-likeness (QED) is 0.878. The van der Waals surface area contributed by atoms with Crippen molar-refractivity contribution in [2.24, 2.45) is 5.92 Å². The zero-order valence-corrected chi connectivity index (χ0v) is 13.5. The number of amides is 1. The molecule has 21 heavy (non-hydrogen) atoms. The van der Waals surface area contributed by atoms with Crippen molar-refractivity contribution in [2.45, 2.75) is 25.7 Å². The molecule has 1 amide bonds. The molecule has 5 heteroatoms. The van der Waals surface area contributed by atoms with Crippen LogP contribution in [0.25, 0.3) is 0 Å². The van der Waals surface area contributed by atoms with E-state index in [4.69, 9.17) is 11.6 Å². The second-order valence-corrected chi connectivity index (χ2v) is 6.27. The van der Waals surface area contributed by atoms with Gasteiger partial charge in [0.1, 0.15) is 0 Å². The highest BCUT2D eigenvalue weighted by Crippen LogP contribution is 2.27. The number of piperidine rings is 1. The number of benzene rings is 1. The minimum Gasteiger partial charge on any atom is -0.376 e. The number of carbonyl (C=O) groups excluding carboxylic acids is 1. The highest BCUT2D eigenvalue weighted by atomic mass is 35.5. The van der Waals surface area contributed by atoms with Crippen LogP contribution < -0.4 is 15.5 Å². The van der Waals surface area contributed by atoms with Crippen LogP contribution in [0.15, 0.2) is 18.2 Å². The Labute approximate surface area is 131 Å². The molecule has 0 saturated carbocycles. The van der Waals surface area contributed by atoms with Crippen molar-refractivity contribution >= 4 is 28.9 Å². The molecule has 4 nitrogen and oxygen atoms in total. The van der Waals surface area contributed by atoms with Crippen molar-refractivity contribution in [1.29, 1.82) is 0 Å². The van der Waals surface area contributed by atoms with Crippen molar-refractivity contribution in [1.82, 2.24) is 5.32 Å². The molecule has 1 fully saturated rings. The van der Waals surface area contributed by atoms with Gasteiger partial charge >= 0.3 is 0 Å². The zero-order valence-electron chi connectivity index (χ0n) is 12.8. The Morgan fingerprint density at radius 3 is 2.90 bits per heavy atom. The fourth-order valence-corrected chi connectivity index (χ4v) is 3.03. The lowest BCUT2D eigenvalue weighted by Gasteiger charge is -2.22. The van der Waals surface area contributed by atoms with Crippen LogP contribution in [0.4, 0.5) is 11.4 Å². The summed E-state index contributed by atoms with van der Waals surface area (Å²) in [6, 6.07) is 5.61. The van der Waals surface area contributed by atoms with E-state index in [9.17, 15) is 4.79 Å². The van der Waals surface area contributed by atoms with E-state index in [1.165, 1.54) is 12.8 Å². The third-order valence-electron chi connectivity index (χ3n) is 3.89. The van der Waals surface area contributed by atoms with E-state index in [0.717, 1.165) is 30.9 Å². The molecular weight excluding hydrogens is 286 g/mol. The van der Waals surface area contributed by atoms with Gasteiger partial charge in [0.05, 0.1) is 10.7 Å². The summed E-state index contributed by atoms with van der Waals surface area (Å²) in [7, 11) is 3.88. The van der Waals surface area contributed by atoms with E-state index >= 15 is 0 Å². The predicted octanol–water partition coefficient (Wildman–Crippen LogP) is 3.12. The van der Waals surface area contributed by atoms with Gasteiger partial charge < -0.3 is 15.5 Å². The second-order valence-electron chi connectivity index (χ2n) is 5.86. The van der Waals surface area contributed by atoms with Gasteiger partial charge in [0.15, 0.2) is 0 Å². The Morgan fingerprint density at radius 2 is 2.29 bits per heavy atom. The van der Waals surface area contributed by atoms with Gasteiger partial charge in [-0.1, -0.05) is 11.6 Å². The molecule has 1 aliphatic heterocycles. The molecule has 0 bridgehead atoms. The number of anilines is 2. The summed E-state index contributed by atoms with van der Waals surface area (Å²) < 4.78 is 0. The molecule has 0 radical (unpaired) electrons. The predicted molar refractivity (Wildman–Crippen MR) is 89.2 cm³/mol. The maximum absolute atomic E-state index is 12.0. The SMILES string of the molecule is CN(C)c1ccc(NC(=O)CCC2CCCNC2)cc1Cl. The number of nitrogens with zero attached hydrogens (tertiary/aromatic N) is 1. The largest absolute Gasteiger partial charge is 0.376 e. The molecule has 0 spiro atoms. The van der Waals surface area contributed by atoms with Crippen LogP contribution in [0.5, 0.6) is 0 Å². The van der Waals surface area contributed by atoms with Crippen LogP contribution in [0.2, 0.25) is 5.02 Å². The fraction of sp³-hybridized carbons (Fsp3) is 0.562. The number of hydrogen-bond acceptors (Lipinski definition) is 3. The zero-order chi connectivity index (χ0) is 15.2. The summed E-state index contributed by atoms with van der Waals surface area (Å²) in [6.07, 6.45) is 3.96. The highest BCUT2D eigenvalue weighted by molar-refractivity contribution is 6.33. The maximum atomic E-state index is 12.0. The minimum atomic E-state index is 0.0641. The molecule has 1 aromatic rings. The van der Waals surface area contributed by atoms with Crippen LogP contribution in [0.3, 0.4) is 0 Å². The van der Waals surface area contributed by atoms with Crippen molar-refractivity contribution in [3.8, 4) is 0 Å². The van der Waals surface area contributed by atoms with E-state index in [2.05, 4.69) is 10.6 Å². The van der Waals surface area contributed by atoms with Gasteiger partial charge in [0.2, 0.25) is 5.91 Å². The van der Waals surface area contributed by atoms with Crippen LogP contribution in [-0.2, 0) is 4.79 Å². The van der Waals surface area contributed by atoms with Gasteiger partial charge in [0, 0.05) is 26.2 Å². The lowest BCUT2D eigenvalue weighted by atomic mass is 9.94. The smallest absolute Gasteiger partial charge is 0.224 e. The first-order chi connectivity index (χ1) is 10.1. The molecule has 1 atom stereocenters. The van der Waals surface area contributed by atoms with E-state index < -0.39 is 0 Å². The molecule has 0 aliphatic carbocycles. The molecule has 1 aliphatic rings. The Balaban J connectivity index is 1.83. The molecule has 0 aromatic heterocycles. The first-order valence-electron chi connectivity index (χ1n) is 7.53. The second kappa shape index (κ2) is 7.66. The molecule has 1 aromatic carbocycles. The monoisotopic (exact) mass is 309 g/mol. The topological polar surface area (TPSA) is 44.4 Å². The summed E-state index contributed by atoms with van der Waals surface area (Å²) >= 11 is 6.21. The Bertz CT molecular complexity index is 484. The van der Waals surface area contributed by atoms with Gasteiger partial charge in [-0.2, -0.15) is 0 Å². The van der Waals surface area contributed by atoms with E-state index in [0.29, 0.717) is 17.4 Å². The number of nitrogens with one attached hydrogen (secondary N) is 2. The first kappa shape index (κ1) is 16.1. The summed E-state index contributed by atoms with van der Waals surface area (Å²) in [5, 5.41) is 6.95. The lowest BCUT2D eigenvalue weighted by Crippen LogP contribution is -2.30. The van der Waals surface area contributed by atoms with Crippen molar-refractivity contribution in [3.05, 3.63) is 23.2 Å². The van der Waals surface area contributed by atoms with Gasteiger partial charge in [-0.25, -0.2) is 0 Å².